The van der Waals surface area contributed by atoms with E-state index in [9.17, 15) is 4.79 Å². The highest BCUT2D eigenvalue weighted by Gasteiger charge is 2.34. The lowest BCUT2D eigenvalue weighted by Gasteiger charge is -2.47. The molecular formula is C32H35ClN4O2. The molecule has 2 aliphatic rings. The van der Waals surface area contributed by atoms with Gasteiger partial charge in [-0.2, -0.15) is 5.10 Å². The number of ether oxygens (including phenoxy) is 1. The summed E-state index contributed by atoms with van der Waals surface area (Å²) in [6.07, 6.45) is 4.44. The van der Waals surface area contributed by atoms with Gasteiger partial charge in [-0.15, -0.1) is 0 Å². The number of morpholine rings is 1. The highest BCUT2D eigenvalue weighted by Crippen LogP contribution is 2.35. The van der Waals surface area contributed by atoms with E-state index in [0.717, 1.165) is 47.4 Å². The molecule has 2 unspecified atom stereocenters. The quantitative estimate of drug-likeness (QED) is 0.260. The first kappa shape index (κ1) is 25.9. The van der Waals surface area contributed by atoms with Gasteiger partial charge in [0.1, 0.15) is 0 Å². The number of amides is 1. The van der Waals surface area contributed by atoms with E-state index in [1.54, 1.807) is 0 Å². The number of piperidine rings is 1. The number of aromatic amines is 1. The molecule has 0 spiro atoms. The minimum Gasteiger partial charge on any atom is -0.377 e. The Morgan fingerprint density at radius 3 is 2.54 bits per heavy atom. The summed E-state index contributed by atoms with van der Waals surface area (Å²) < 4.78 is 5.83. The zero-order chi connectivity index (χ0) is 26.9. The van der Waals surface area contributed by atoms with Crippen LogP contribution in [0, 0.1) is 5.92 Å². The summed E-state index contributed by atoms with van der Waals surface area (Å²) >= 11 is 6.50. The molecule has 0 radical (unpaired) electrons. The first-order chi connectivity index (χ1) is 19.0. The van der Waals surface area contributed by atoms with Crippen LogP contribution in [0.4, 0.5) is 5.69 Å². The number of halogens is 1. The Kier molecular flexibility index (Phi) is 7.32. The fraction of sp³-hybridized carbons (Fsp3) is 0.375. The summed E-state index contributed by atoms with van der Waals surface area (Å²) in [6, 6.07) is 22.9. The maximum atomic E-state index is 13.4. The fourth-order valence-electron chi connectivity index (χ4n) is 6.16. The molecule has 1 amide bonds. The number of rotatable bonds is 7. The van der Waals surface area contributed by atoms with Gasteiger partial charge in [-0.1, -0.05) is 55.8 Å². The molecule has 2 fully saturated rings. The maximum absolute atomic E-state index is 13.4. The van der Waals surface area contributed by atoms with Crippen molar-refractivity contribution in [1.29, 1.82) is 0 Å². The van der Waals surface area contributed by atoms with Gasteiger partial charge in [-0.25, -0.2) is 0 Å². The Morgan fingerprint density at radius 2 is 1.82 bits per heavy atom. The molecule has 6 rings (SSSR count). The third-order valence-corrected chi connectivity index (χ3v) is 8.38. The van der Waals surface area contributed by atoms with Gasteiger partial charge >= 0.3 is 0 Å². The van der Waals surface area contributed by atoms with Gasteiger partial charge in [0.05, 0.1) is 42.5 Å². The van der Waals surface area contributed by atoms with Gasteiger partial charge < -0.3 is 15.0 Å². The van der Waals surface area contributed by atoms with Crippen LogP contribution in [0.5, 0.6) is 0 Å². The van der Waals surface area contributed by atoms with Crippen LogP contribution in [0.25, 0.3) is 22.2 Å². The van der Waals surface area contributed by atoms with Crippen molar-refractivity contribution < 1.29 is 9.53 Å². The van der Waals surface area contributed by atoms with E-state index in [2.05, 4.69) is 58.5 Å². The molecule has 3 heterocycles. The second kappa shape index (κ2) is 11.0. The number of hydrogen-bond acceptors (Lipinski definition) is 4. The van der Waals surface area contributed by atoms with E-state index in [0.29, 0.717) is 28.6 Å². The lowest BCUT2D eigenvalue weighted by atomic mass is 9.93. The van der Waals surface area contributed by atoms with Crippen LogP contribution in [0.15, 0.2) is 66.7 Å². The van der Waals surface area contributed by atoms with Crippen molar-refractivity contribution >= 4 is 34.1 Å². The average molecular weight is 543 g/mol. The Morgan fingerprint density at radius 1 is 1.08 bits per heavy atom. The molecule has 1 aromatic heterocycles. The molecule has 2 aliphatic heterocycles. The van der Waals surface area contributed by atoms with E-state index >= 15 is 0 Å². The number of anilines is 1. The molecule has 6 nitrogen and oxygen atoms in total. The Hall–Kier alpha value is -3.35. The lowest BCUT2D eigenvalue weighted by Crippen LogP contribution is -2.55. The van der Waals surface area contributed by atoms with E-state index in [-0.39, 0.29) is 11.9 Å². The summed E-state index contributed by atoms with van der Waals surface area (Å²) in [6.45, 7) is 5.91. The molecular weight excluding hydrogens is 508 g/mol. The Balaban J connectivity index is 1.26. The van der Waals surface area contributed by atoms with Gasteiger partial charge in [0.25, 0.3) is 5.91 Å². The van der Waals surface area contributed by atoms with Crippen molar-refractivity contribution in [2.75, 3.05) is 18.1 Å². The van der Waals surface area contributed by atoms with Crippen molar-refractivity contribution in [3.63, 3.8) is 0 Å². The zero-order valence-corrected chi connectivity index (χ0v) is 23.2. The number of fused-ring (bicyclic) bond motifs is 3. The number of aromatic nitrogens is 2. The molecule has 39 heavy (non-hydrogen) atoms. The third-order valence-electron chi connectivity index (χ3n) is 8.04. The van der Waals surface area contributed by atoms with Crippen LogP contribution in [0.2, 0.25) is 5.02 Å². The van der Waals surface area contributed by atoms with Crippen LogP contribution in [0.1, 0.15) is 61.5 Å². The standard InChI is InChI=1S/C32H35ClN4O2/c1-20(2)16-30(26-8-3-4-9-28(26)33)34-32(38)22-12-15-29-27(17-22)31(36-35-29)21-10-13-23(14-11-21)37-24-6-5-7-25(37)19-39-18-24/h3-4,8-15,17,20,24-25,30H,5-7,16,18-19H2,1-2H3,(H,34,38)(H,35,36)/t24?,25?,30-/m0/s1. The highest BCUT2D eigenvalue weighted by atomic mass is 35.5. The number of carbonyl (C=O) groups is 1. The van der Waals surface area contributed by atoms with Crippen LogP contribution >= 0.6 is 11.6 Å². The number of H-pyrrole nitrogens is 1. The Bertz CT molecular complexity index is 1440. The monoisotopic (exact) mass is 542 g/mol. The van der Waals surface area contributed by atoms with Gasteiger partial charge in [0.15, 0.2) is 0 Å². The highest BCUT2D eigenvalue weighted by molar-refractivity contribution is 6.31. The molecule has 202 valence electrons. The van der Waals surface area contributed by atoms with Crippen LogP contribution in [0.3, 0.4) is 0 Å². The predicted octanol–water partition coefficient (Wildman–Crippen LogP) is 7.16. The molecule has 2 N–H and O–H groups in total. The molecule has 0 aliphatic carbocycles. The molecule has 3 aromatic carbocycles. The van der Waals surface area contributed by atoms with E-state index in [1.807, 2.05) is 42.5 Å². The lowest BCUT2D eigenvalue weighted by molar-refractivity contribution is 0.0463. The van der Waals surface area contributed by atoms with Gasteiger partial charge in [0.2, 0.25) is 0 Å². The van der Waals surface area contributed by atoms with Crippen LogP contribution in [-0.2, 0) is 4.74 Å². The summed E-state index contributed by atoms with van der Waals surface area (Å²) in [7, 11) is 0. The molecule has 3 atom stereocenters. The minimum atomic E-state index is -0.169. The first-order valence-electron chi connectivity index (χ1n) is 14.0. The summed E-state index contributed by atoms with van der Waals surface area (Å²) in [5, 5.41) is 12.6. The summed E-state index contributed by atoms with van der Waals surface area (Å²) in [5.74, 6) is 0.276. The number of hydrogen-bond donors (Lipinski definition) is 2. The number of benzene rings is 3. The first-order valence-corrected chi connectivity index (χ1v) is 14.4. The SMILES string of the molecule is CC(C)C[C@H](NC(=O)c1ccc2[nH]nc(-c3ccc(N4C5CCCC4COC5)cc3)c2c1)c1ccccc1Cl. The van der Waals surface area contributed by atoms with Crippen molar-refractivity contribution in [3.8, 4) is 11.3 Å². The van der Waals surface area contributed by atoms with Gasteiger partial charge in [-0.05, 0) is 73.6 Å². The second-order valence-electron chi connectivity index (χ2n) is 11.2. The normalized spacial score (nSPS) is 19.8. The second-order valence-corrected chi connectivity index (χ2v) is 11.6. The van der Waals surface area contributed by atoms with E-state index in [4.69, 9.17) is 16.3 Å². The van der Waals surface area contributed by atoms with Crippen molar-refractivity contribution in [2.45, 2.75) is 57.7 Å². The van der Waals surface area contributed by atoms with Crippen molar-refractivity contribution in [1.82, 2.24) is 15.5 Å². The largest absolute Gasteiger partial charge is 0.377 e. The zero-order valence-electron chi connectivity index (χ0n) is 22.5. The van der Waals surface area contributed by atoms with Crippen LogP contribution in [-0.4, -0.2) is 41.4 Å². The number of nitrogens with zero attached hydrogens (tertiary/aromatic N) is 2. The fourth-order valence-corrected chi connectivity index (χ4v) is 6.42. The molecule has 2 bridgehead atoms. The molecule has 0 saturated carbocycles. The minimum absolute atomic E-state index is 0.121. The van der Waals surface area contributed by atoms with Crippen molar-refractivity contribution in [3.05, 3.63) is 82.9 Å². The Labute approximate surface area is 234 Å². The van der Waals surface area contributed by atoms with Crippen molar-refractivity contribution in [2.24, 2.45) is 5.92 Å². The number of carbonyl (C=O) groups excluding carboxylic acids is 1. The van der Waals surface area contributed by atoms with Gasteiger partial charge in [0, 0.05) is 27.2 Å². The molecule has 7 heteroatoms. The smallest absolute Gasteiger partial charge is 0.251 e. The third kappa shape index (κ3) is 5.28. The average Bonchev–Trinajstić information content (AvgIpc) is 3.36. The van der Waals surface area contributed by atoms with Crippen LogP contribution < -0.4 is 10.2 Å². The topological polar surface area (TPSA) is 70.2 Å². The molecule has 2 saturated heterocycles. The summed E-state index contributed by atoms with van der Waals surface area (Å²) in [4.78, 5) is 16.0. The van der Waals surface area contributed by atoms with E-state index < -0.39 is 0 Å². The van der Waals surface area contributed by atoms with E-state index in [1.165, 1.54) is 24.9 Å². The summed E-state index contributed by atoms with van der Waals surface area (Å²) in [5.41, 5.74) is 5.55. The van der Waals surface area contributed by atoms with Gasteiger partial charge in [-0.3, -0.25) is 9.89 Å². The predicted molar refractivity (Wildman–Crippen MR) is 157 cm³/mol. The number of nitrogens with one attached hydrogen (secondary N) is 2. The molecule has 4 aromatic rings. The maximum Gasteiger partial charge on any atom is 0.251 e.